The average molecular weight is 361 g/mol. The van der Waals surface area contributed by atoms with E-state index in [0.717, 1.165) is 28.9 Å². The topological polar surface area (TPSA) is 93.3 Å². The van der Waals surface area contributed by atoms with E-state index >= 15 is 0 Å². The Bertz CT molecular complexity index is 888. The van der Waals surface area contributed by atoms with Gasteiger partial charge in [0.1, 0.15) is 0 Å². The summed E-state index contributed by atoms with van der Waals surface area (Å²) in [5, 5.41) is 21.9. The predicted octanol–water partition coefficient (Wildman–Crippen LogP) is 4.11. The summed E-state index contributed by atoms with van der Waals surface area (Å²) >= 11 is 0. The molecule has 0 bridgehead atoms. The van der Waals surface area contributed by atoms with Crippen molar-refractivity contribution in [2.45, 2.75) is 25.9 Å². The van der Waals surface area contributed by atoms with Gasteiger partial charge in [-0.1, -0.05) is 62.0 Å². The number of benzodiazepines with no additional fused rings is 1. The summed E-state index contributed by atoms with van der Waals surface area (Å²) in [6.45, 7) is 6.02. The van der Waals surface area contributed by atoms with Gasteiger partial charge >= 0.3 is 0 Å². The van der Waals surface area contributed by atoms with E-state index < -0.39 is 6.17 Å². The quantitative estimate of drug-likeness (QED) is 0.488. The molecule has 2 aromatic carbocycles. The molecule has 1 aliphatic heterocycles. The number of para-hydroxylation sites is 1. The van der Waals surface area contributed by atoms with E-state index in [9.17, 15) is 0 Å². The SMILES string of the molecule is C=C1Nc2ccccc2C(c2ccccc2)=NC1NC(=N)OC(=N)CCC. The molecule has 1 aliphatic rings. The maximum atomic E-state index is 8.01. The molecule has 0 aromatic heterocycles. The molecule has 4 N–H and O–H groups in total. The number of amidine groups is 1. The van der Waals surface area contributed by atoms with Gasteiger partial charge in [0.15, 0.2) is 12.1 Å². The molecule has 27 heavy (non-hydrogen) atoms. The Morgan fingerprint density at radius 1 is 1.15 bits per heavy atom. The summed E-state index contributed by atoms with van der Waals surface area (Å²) < 4.78 is 5.22. The maximum Gasteiger partial charge on any atom is 0.290 e. The van der Waals surface area contributed by atoms with Crippen molar-refractivity contribution in [2.24, 2.45) is 4.99 Å². The summed E-state index contributed by atoms with van der Waals surface area (Å²) in [4.78, 5) is 4.81. The molecule has 6 nitrogen and oxygen atoms in total. The highest BCUT2D eigenvalue weighted by Gasteiger charge is 2.23. The number of nitrogens with zero attached hydrogens (tertiary/aromatic N) is 1. The van der Waals surface area contributed by atoms with Gasteiger partial charge in [-0.15, -0.1) is 0 Å². The zero-order valence-corrected chi connectivity index (χ0v) is 15.3. The second-order valence-corrected chi connectivity index (χ2v) is 6.19. The van der Waals surface area contributed by atoms with E-state index in [1.54, 1.807) is 0 Å². The van der Waals surface area contributed by atoms with Crippen LogP contribution in [0.15, 0.2) is 71.9 Å². The van der Waals surface area contributed by atoms with Crippen LogP contribution in [-0.2, 0) is 4.74 Å². The lowest BCUT2D eigenvalue weighted by Gasteiger charge is -2.18. The van der Waals surface area contributed by atoms with E-state index in [2.05, 4.69) is 17.2 Å². The average Bonchev–Trinajstić information content (AvgIpc) is 2.79. The molecule has 0 aliphatic carbocycles. The highest BCUT2D eigenvalue weighted by atomic mass is 16.5. The Morgan fingerprint density at radius 2 is 1.85 bits per heavy atom. The number of benzene rings is 2. The maximum absolute atomic E-state index is 8.01. The molecule has 6 heteroatoms. The monoisotopic (exact) mass is 361 g/mol. The van der Waals surface area contributed by atoms with Gasteiger partial charge in [0, 0.05) is 23.2 Å². The van der Waals surface area contributed by atoms with Gasteiger partial charge in [-0.2, -0.15) is 0 Å². The van der Waals surface area contributed by atoms with Gasteiger partial charge in [-0.05, 0) is 12.5 Å². The Hall–Kier alpha value is -3.41. The van der Waals surface area contributed by atoms with Crippen LogP contribution in [0.25, 0.3) is 0 Å². The lowest BCUT2D eigenvalue weighted by Crippen LogP contribution is -2.38. The molecule has 0 fully saturated rings. The first-order chi connectivity index (χ1) is 13.1. The molecule has 1 unspecified atom stereocenters. The molecule has 0 radical (unpaired) electrons. The highest BCUT2D eigenvalue weighted by molar-refractivity contribution is 6.16. The van der Waals surface area contributed by atoms with Crippen molar-refractivity contribution in [1.29, 1.82) is 10.8 Å². The van der Waals surface area contributed by atoms with Crippen LogP contribution in [0.5, 0.6) is 0 Å². The van der Waals surface area contributed by atoms with Crippen molar-refractivity contribution < 1.29 is 4.74 Å². The minimum atomic E-state index is -0.602. The van der Waals surface area contributed by atoms with E-state index in [-0.39, 0.29) is 11.9 Å². The third-order valence-electron chi connectivity index (χ3n) is 4.08. The van der Waals surface area contributed by atoms with Crippen LogP contribution in [0, 0.1) is 10.8 Å². The van der Waals surface area contributed by atoms with Gasteiger partial charge in [0.05, 0.1) is 11.4 Å². The number of hydrogen-bond acceptors (Lipinski definition) is 5. The number of ether oxygens (including phenoxy) is 1. The minimum absolute atomic E-state index is 0.0535. The number of hydrogen-bond donors (Lipinski definition) is 4. The second kappa shape index (κ2) is 8.31. The molecule has 0 saturated heterocycles. The zero-order chi connectivity index (χ0) is 19.2. The second-order valence-electron chi connectivity index (χ2n) is 6.19. The van der Waals surface area contributed by atoms with Gasteiger partial charge in [-0.3, -0.25) is 15.8 Å². The third-order valence-corrected chi connectivity index (χ3v) is 4.08. The van der Waals surface area contributed by atoms with Crippen LogP contribution in [0.1, 0.15) is 30.9 Å². The number of anilines is 1. The highest BCUT2D eigenvalue weighted by Crippen LogP contribution is 2.26. The van der Waals surface area contributed by atoms with Crippen molar-refractivity contribution >= 4 is 23.3 Å². The molecule has 0 amide bonds. The minimum Gasteiger partial charge on any atom is -0.412 e. The summed E-state index contributed by atoms with van der Waals surface area (Å²) in [6.07, 6.45) is 0.669. The normalized spacial score (nSPS) is 15.7. The van der Waals surface area contributed by atoms with Crippen LogP contribution in [-0.4, -0.2) is 23.8 Å². The van der Waals surface area contributed by atoms with E-state index in [1.807, 2.05) is 61.5 Å². The number of fused-ring (bicyclic) bond motifs is 1. The molecule has 0 spiro atoms. The van der Waals surface area contributed by atoms with Gasteiger partial charge in [-0.25, -0.2) is 0 Å². The van der Waals surface area contributed by atoms with Gasteiger partial charge < -0.3 is 15.4 Å². The molecular formula is C21H23N5O. The van der Waals surface area contributed by atoms with Crippen molar-refractivity contribution in [2.75, 3.05) is 5.32 Å². The molecule has 1 heterocycles. The van der Waals surface area contributed by atoms with Crippen LogP contribution >= 0.6 is 0 Å². The molecular weight excluding hydrogens is 338 g/mol. The Labute approximate surface area is 159 Å². The standard InChI is InChI=1S/C21H23N5O/c1-3-9-18(22)27-21(23)26-20-14(2)24-17-13-8-7-12-16(17)19(25-20)15-10-5-4-6-11-15/h4-8,10-13,20,22,24H,2-3,9H2,1H3,(H2,23,26). The van der Waals surface area contributed by atoms with E-state index in [4.69, 9.17) is 20.5 Å². The summed E-state index contributed by atoms with van der Waals surface area (Å²) in [5.41, 5.74) is 4.23. The van der Waals surface area contributed by atoms with Crippen molar-refractivity contribution in [1.82, 2.24) is 5.32 Å². The van der Waals surface area contributed by atoms with Gasteiger partial charge in [0.25, 0.3) is 6.02 Å². The van der Waals surface area contributed by atoms with Crippen molar-refractivity contribution in [3.63, 3.8) is 0 Å². The van der Waals surface area contributed by atoms with E-state index in [1.165, 1.54) is 0 Å². The largest absolute Gasteiger partial charge is 0.412 e. The van der Waals surface area contributed by atoms with Gasteiger partial charge in [0.2, 0.25) is 0 Å². The summed E-state index contributed by atoms with van der Waals surface area (Å²) in [7, 11) is 0. The zero-order valence-electron chi connectivity index (χ0n) is 15.3. The summed E-state index contributed by atoms with van der Waals surface area (Å²) in [5.74, 6) is 0.0535. The Morgan fingerprint density at radius 3 is 2.59 bits per heavy atom. The van der Waals surface area contributed by atoms with Crippen LogP contribution in [0.3, 0.4) is 0 Å². The Balaban J connectivity index is 1.92. The number of aliphatic imine (C=N–C) groups is 1. The molecule has 138 valence electrons. The first-order valence-corrected chi connectivity index (χ1v) is 8.87. The first-order valence-electron chi connectivity index (χ1n) is 8.87. The Kier molecular flexibility index (Phi) is 5.66. The lowest BCUT2D eigenvalue weighted by atomic mass is 10.0. The predicted molar refractivity (Wildman–Crippen MR) is 110 cm³/mol. The van der Waals surface area contributed by atoms with Crippen molar-refractivity contribution in [3.8, 4) is 0 Å². The van der Waals surface area contributed by atoms with E-state index in [0.29, 0.717) is 12.1 Å². The smallest absolute Gasteiger partial charge is 0.290 e. The molecule has 2 aromatic rings. The number of rotatable bonds is 4. The third kappa shape index (κ3) is 4.41. The fraction of sp³-hybridized carbons (Fsp3) is 0.190. The molecule has 1 atom stereocenters. The number of nitrogens with one attached hydrogen (secondary N) is 4. The van der Waals surface area contributed by atoms with Crippen molar-refractivity contribution in [3.05, 3.63) is 78.0 Å². The lowest BCUT2D eigenvalue weighted by molar-refractivity contribution is 0.470. The fourth-order valence-corrected chi connectivity index (χ4v) is 2.82. The van der Waals surface area contributed by atoms with Crippen LogP contribution < -0.4 is 10.6 Å². The summed E-state index contributed by atoms with van der Waals surface area (Å²) in [6, 6.07) is 17.6. The molecule has 0 saturated carbocycles. The van der Waals surface area contributed by atoms with Crippen LogP contribution in [0.4, 0.5) is 5.69 Å². The fourth-order valence-electron chi connectivity index (χ4n) is 2.82. The first kappa shape index (κ1) is 18.4. The molecule has 3 rings (SSSR count). The van der Waals surface area contributed by atoms with Crippen LogP contribution in [0.2, 0.25) is 0 Å².